The van der Waals surface area contributed by atoms with Crippen molar-refractivity contribution in [3.8, 4) is 0 Å². The molecule has 0 amide bonds. The van der Waals surface area contributed by atoms with Gasteiger partial charge < -0.3 is 9.31 Å². The van der Waals surface area contributed by atoms with Crippen LogP contribution in [0.25, 0.3) is 0 Å². The van der Waals surface area contributed by atoms with Crippen molar-refractivity contribution >= 4 is 22.6 Å². The molecule has 0 spiro atoms. The lowest BCUT2D eigenvalue weighted by atomic mass is 9.80. The first-order valence-corrected chi connectivity index (χ1v) is 9.92. The average Bonchev–Trinajstić information content (AvgIpc) is 3.05. The first kappa shape index (κ1) is 17.9. The number of hydrogen-bond donors (Lipinski definition) is 1. The van der Waals surface area contributed by atoms with Crippen molar-refractivity contribution in [2.75, 3.05) is 0 Å². The molecule has 2 fully saturated rings. The molecule has 2 aliphatic rings. The van der Waals surface area contributed by atoms with E-state index in [2.05, 4.69) is 9.71 Å². The van der Waals surface area contributed by atoms with E-state index in [9.17, 15) is 8.42 Å². The Morgan fingerprint density at radius 3 is 2.29 bits per heavy atom. The van der Waals surface area contributed by atoms with Crippen LogP contribution in [0.15, 0.2) is 23.4 Å². The maximum atomic E-state index is 12.6. The van der Waals surface area contributed by atoms with Gasteiger partial charge in [0.1, 0.15) is 0 Å². The minimum absolute atomic E-state index is 0.0236. The lowest BCUT2D eigenvalue weighted by Gasteiger charge is -2.32. The molecule has 1 saturated heterocycles. The summed E-state index contributed by atoms with van der Waals surface area (Å²) >= 11 is 0. The molecular weight excluding hydrogens is 327 g/mol. The fraction of sp³-hybridized carbons (Fsp3) is 0.688. The van der Waals surface area contributed by atoms with Gasteiger partial charge in [0.05, 0.1) is 16.1 Å². The molecule has 1 N–H and O–H groups in total. The Kier molecular flexibility index (Phi) is 4.53. The Hall–Kier alpha value is -0.955. The van der Waals surface area contributed by atoms with Crippen molar-refractivity contribution in [1.29, 1.82) is 0 Å². The van der Waals surface area contributed by atoms with Crippen molar-refractivity contribution in [1.82, 2.24) is 9.71 Å². The van der Waals surface area contributed by atoms with Gasteiger partial charge in [-0.3, -0.25) is 4.98 Å². The molecular formula is C16H25BN2O4S. The van der Waals surface area contributed by atoms with Gasteiger partial charge in [0.2, 0.25) is 10.0 Å². The van der Waals surface area contributed by atoms with Gasteiger partial charge in [-0.1, -0.05) is 12.8 Å². The summed E-state index contributed by atoms with van der Waals surface area (Å²) in [6.07, 6.45) is 6.88. The molecule has 8 heteroatoms. The molecule has 3 rings (SSSR count). The van der Waals surface area contributed by atoms with Crippen LogP contribution in [0.4, 0.5) is 0 Å². The van der Waals surface area contributed by atoms with Crippen LogP contribution in [-0.4, -0.2) is 37.8 Å². The molecule has 2 heterocycles. The molecule has 0 aromatic carbocycles. The zero-order valence-corrected chi connectivity index (χ0v) is 15.5. The Morgan fingerprint density at radius 2 is 1.71 bits per heavy atom. The van der Waals surface area contributed by atoms with Gasteiger partial charge in [-0.25, -0.2) is 13.1 Å². The van der Waals surface area contributed by atoms with Crippen molar-refractivity contribution in [3.63, 3.8) is 0 Å². The van der Waals surface area contributed by atoms with Crippen molar-refractivity contribution in [2.24, 2.45) is 0 Å². The van der Waals surface area contributed by atoms with Crippen LogP contribution in [0.3, 0.4) is 0 Å². The maximum Gasteiger partial charge on any atom is 0.496 e. The topological polar surface area (TPSA) is 77.5 Å². The number of aromatic nitrogens is 1. The third kappa shape index (κ3) is 3.38. The van der Waals surface area contributed by atoms with E-state index >= 15 is 0 Å². The zero-order valence-electron chi connectivity index (χ0n) is 14.7. The molecule has 0 atom stereocenters. The molecule has 0 unspecified atom stereocenters. The van der Waals surface area contributed by atoms with Crippen LogP contribution in [0.2, 0.25) is 0 Å². The number of hydrogen-bond acceptors (Lipinski definition) is 5. The highest BCUT2D eigenvalue weighted by Crippen LogP contribution is 2.36. The minimum atomic E-state index is -3.58. The van der Waals surface area contributed by atoms with Crippen molar-refractivity contribution in [2.45, 2.75) is 75.5 Å². The third-order valence-electron chi connectivity index (χ3n) is 5.25. The van der Waals surface area contributed by atoms with E-state index in [-0.39, 0.29) is 10.9 Å². The second-order valence-corrected chi connectivity index (χ2v) is 9.36. The first-order chi connectivity index (χ1) is 11.1. The molecule has 24 heavy (non-hydrogen) atoms. The van der Waals surface area contributed by atoms with Crippen LogP contribution in [-0.2, 0) is 19.3 Å². The van der Waals surface area contributed by atoms with E-state index in [0.29, 0.717) is 5.46 Å². The fourth-order valence-corrected chi connectivity index (χ4v) is 4.32. The first-order valence-electron chi connectivity index (χ1n) is 8.44. The normalized spacial score (nSPS) is 23.8. The monoisotopic (exact) mass is 352 g/mol. The van der Waals surface area contributed by atoms with Crippen LogP contribution < -0.4 is 10.2 Å². The molecule has 1 aliphatic heterocycles. The van der Waals surface area contributed by atoms with Gasteiger partial charge in [0.15, 0.2) is 0 Å². The Bertz CT molecular complexity index is 699. The summed E-state index contributed by atoms with van der Waals surface area (Å²) in [4.78, 5) is 4.24. The quantitative estimate of drug-likeness (QED) is 0.833. The van der Waals surface area contributed by atoms with E-state index in [1.807, 2.05) is 27.7 Å². The molecule has 1 aromatic rings. The predicted molar refractivity (Wildman–Crippen MR) is 92.5 cm³/mol. The van der Waals surface area contributed by atoms with Gasteiger partial charge in [-0.15, -0.1) is 0 Å². The minimum Gasteiger partial charge on any atom is -0.399 e. The average molecular weight is 352 g/mol. The highest BCUT2D eigenvalue weighted by atomic mass is 32.2. The van der Waals surface area contributed by atoms with E-state index in [1.165, 1.54) is 6.20 Å². The predicted octanol–water partition coefficient (Wildman–Crippen LogP) is 1.60. The SMILES string of the molecule is CC1(C)OB(c2cncc(S(=O)(=O)NC3CCCC3)c2)OC1(C)C. The van der Waals surface area contributed by atoms with Crippen molar-refractivity contribution in [3.05, 3.63) is 18.5 Å². The molecule has 0 radical (unpaired) electrons. The van der Waals surface area contributed by atoms with Crippen LogP contribution in [0.5, 0.6) is 0 Å². The van der Waals surface area contributed by atoms with Crippen LogP contribution in [0.1, 0.15) is 53.4 Å². The Balaban J connectivity index is 1.82. The fourth-order valence-electron chi connectivity index (χ4n) is 3.02. The second-order valence-electron chi connectivity index (χ2n) is 7.64. The largest absolute Gasteiger partial charge is 0.496 e. The van der Waals surface area contributed by atoms with Gasteiger partial charge in [0, 0.05) is 23.9 Å². The summed E-state index contributed by atoms with van der Waals surface area (Å²) in [5.41, 5.74) is -0.341. The summed E-state index contributed by atoms with van der Waals surface area (Å²) in [5.74, 6) is 0. The summed E-state index contributed by atoms with van der Waals surface area (Å²) in [6.45, 7) is 7.84. The number of nitrogens with zero attached hydrogens (tertiary/aromatic N) is 1. The molecule has 132 valence electrons. The summed E-state index contributed by atoms with van der Waals surface area (Å²) in [7, 11) is -4.20. The number of nitrogens with one attached hydrogen (secondary N) is 1. The van der Waals surface area contributed by atoms with E-state index in [1.54, 1.807) is 12.3 Å². The second kappa shape index (κ2) is 6.09. The van der Waals surface area contributed by atoms with E-state index in [4.69, 9.17) is 9.31 Å². The third-order valence-corrected chi connectivity index (χ3v) is 6.73. The smallest absolute Gasteiger partial charge is 0.399 e. The van der Waals surface area contributed by atoms with Gasteiger partial charge in [0.25, 0.3) is 0 Å². The van der Waals surface area contributed by atoms with Crippen LogP contribution in [0, 0.1) is 0 Å². The maximum absolute atomic E-state index is 12.6. The summed E-state index contributed by atoms with van der Waals surface area (Å²) in [6, 6.07) is 1.61. The highest BCUT2D eigenvalue weighted by Gasteiger charge is 2.52. The lowest BCUT2D eigenvalue weighted by Crippen LogP contribution is -2.41. The zero-order chi connectivity index (χ0) is 17.6. The van der Waals surface area contributed by atoms with Gasteiger partial charge >= 0.3 is 7.12 Å². The lowest BCUT2D eigenvalue weighted by molar-refractivity contribution is 0.00578. The Labute approximate surface area is 144 Å². The van der Waals surface area contributed by atoms with Gasteiger partial charge in [-0.2, -0.15) is 0 Å². The molecule has 0 bridgehead atoms. The number of pyridine rings is 1. The summed E-state index contributed by atoms with van der Waals surface area (Å²) in [5, 5.41) is 0. The van der Waals surface area contributed by atoms with E-state index in [0.717, 1.165) is 25.7 Å². The van der Waals surface area contributed by atoms with E-state index < -0.39 is 28.3 Å². The van der Waals surface area contributed by atoms with Crippen molar-refractivity contribution < 1.29 is 17.7 Å². The van der Waals surface area contributed by atoms with Crippen LogP contribution >= 0.6 is 0 Å². The standard InChI is InChI=1S/C16H25BN2O4S/c1-15(2)16(3,4)23-17(22-15)12-9-14(11-18-10-12)24(20,21)19-13-7-5-6-8-13/h9-11,13,19H,5-8H2,1-4H3. The van der Waals surface area contributed by atoms with Gasteiger partial charge in [-0.05, 0) is 46.6 Å². The Morgan fingerprint density at radius 1 is 1.12 bits per heavy atom. The molecule has 1 saturated carbocycles. The highest BCUT2D eigenvalue weighted by molar-refractivity contribution is 7.89. The molecule has 1 aliphatic carbocycles. The molecule has 6 nitrogen and oxygen atoms in total. The number of rotatable bonds is 4. The molecule has 1 aromatic heterocycles. The number of sulfonamides is 1. The summed E-state index contributed by atoms with van der Waals surface area (Å²) < 4.78 is 39.9.